The first-order chi connectivity index (χ1) is 8.74. The van der Waals surface area contributed by atoms with Crippen LogP contribution in [0.25, 0.3) is 0 Å². The predicted octanol–water partition coefficient (Wildman–Crippen LogP) is 2.33. The molecule has 3 atom stereocenters. The van der Waals surface area contributed by atoms with Crippen LogP contribution in [0.15, 0.2) is 0 Å². The van der Waals surface area contributed by atoms with Crippen molar-refractivity contribution in [3.05, 3.63) is 0 Å². The van der Waals surface area contributed by atoms with Gasteiger partial charge in [-0.15, -0.1) is 0 Å². The molecule has 106 valence electrons. The van der Waals surface area contributed by atoms with Gasteiger partial charge in [0.05, 0.1) is 18.8 Å². The van der Waals surface area contributed by atoms with E-state index in [0.29, 0.717) is 19.3 Å². The number of hydrogen-bond acceptors (Lipinski definition) is 3. The third-order valence-corrected chi connectivity index (χ3v) is 4.22. The lowest BCUT2D eigenvalue weighted by atomic mass is 9.89. The van der Waals surface area contributed by atoms with Crippen molar-refractivity contribution in [3.63, 3.8) is 0 Å². The highest BCUT2D eigenvalue weighted by molar-refractivity contribution is 4.74. The van der Waals surface area contributed by atoms with E-state index in [1.165, 1.54) is 44.9 Å². The minimum atomic E-state index is -0.346. The second-order valence-electron chi connectivity index (χ2n) is 6.32. The minimum Gasteiger partial charge on any atom is -0.389 e. The van der Waals surface area contributed by atoms with Crippen LogP contribution in [-0.2, 0) is 4.74 Å². The number of aliphatic hydroxyl groups excluding tert-OH is 1. The lowest BCUT2D eigenvalue weighted by Crippen LogP contribution is -2.33. The molecule has 3 unspecified atom stereocenters. The van der Waals surface area contributed by atoms with Gasteiger partial charge in [-0.3, -0.25) is 0 Å². The molecule has 0 aromatic carbocycles. The highest BCUT2D eigenvalue weighted by Crippen LogP contribution is 2.31. The number of rotatable bonds is 8. The van der Waals surface area contributed by atoms with Gasteiger partial charge >= 0.3 is 0 Å². The molecule has 2 fully saturated rings. The molecule has 0 spiro atoms. The maximum atomic E-state index is 9.84. The summed E-state index contributed by atoms with van der Waals surface area (Å²) in [6.45, 7) is 4.51. The van der Waals surface area contributed by atoms with Crippen molar-refractivity contribution in [1.29, 1.82) is 0 Å². The molecular formula is C15H29NO2. The first-order valence-electron chi connectivity index (χ1n) is 7.74. The second kappa shape index (κ2) is 7.46. The zero-order valence-electron chi connectivity index (χ0n) is 11.7. The lowest BCUT2D eigenvalue weighted by molar-refractivity contribution is -0.0305. The molecule has 0 aromatic heterocycles. The molecular weight excluding hydrogens is 226 g/mol. The van der Waals surface area contributed by atoms with Gasteiger partial charge in [0.2, 0.25) is 0 Å². The zero-order chi connectivity index (χ0) is 12.8. The summed E-state index contributed by atoms with van der Waals surface area (Å²) in [7, 11) is 0. The highest BCUT2D eigenvalue weighted by atomic mass is 16.5. The van der Waals surface area contributed by atoms with E-state index in [1.54, 1.807) is 0 Å². The quantitative estimate of drug-likeness (QED) is 0.654. The van der Waals surface area contributed by atoms with Gasteiger partial charge in [-0.05, 0) is 37.6 Å². The topological polar surface area (TPSA) is 41.5 Å². The molecule has 2 aliphatic rings. The van der Waals surface area contributed by atoms with Crippen LogP contribution in [0.4, 0.5) is 0 Å². The fourth-order valence-corrected chi connectivity index (χ4v) is 2.82. The Morgan fingerprint density at radius 3 is 2.83 bits per heavy atom. The van der Waals surface area contributed by atoms with Gasteiger partial charge in [-0.2, -0.15) is 0 Å². The number of aliphatic hydroxyl groups is 1. The summed E-state index contributed by atoms with van der Waals surface area (Å²) >= 11 is 0. The molecule has 3 nitrogen and oxygen atoms in total. The average molecular weight is 255 g/mol. The first kappa shape index (κ1) is 14.3. The Hall–Kier alpha value is -0.120. The number of hydrogen-bond donors (Lipinski definition) is 2. The molecule has 0 aliphatic heterocycles. The molecule has 0 amide bonds. The molecule has 18 heavy (non-hydrogen) atoms. The molecule has 2 N–H and O–H groups in total. The Morgan fingerprint density at radius 1 is 1.28 bits per heavy atom. The normalized spacial score (nSPS) is 30.3. The lowest BCUT2D eigenvalue weighted by Gasteiger charge is -2.27. The molecule has 2 rings (SSSR count). The first-order valence-corrected chi connectivity index (χ1v) is 7.74. The van der Waals surface area contributed by atoms with Crippen LogP contribution in [0.3, 0.4) is 0 Å². The Morgan fingerprint density at radius 2 is 2.11 bits per heavy atom. The predicted molar refractivity (Wildman–Crippen MR) is 73.6 cm³/mol. The fourth-order valence-electron chi connectivity index (χ4n) is 2.82. The molecule has 0 heterocycles. The van der Waals surface area contributed by atoms with Gasteiger partial charge in [0.25, 0.3) is 0 Å². The summed E-state index contributed by atoms with van der Waals surface area (Å²) in [5, 5.41) is 13.2. The third-order valence-electron chi connectivity index (χ3n) is 4.22. The fraction of sp³-hybridized carbons (Fsp3) is 1.00. The molecule has 0 radical (unpaired) electrons. The third kappa shape index (κ3) is 5.68. The summed E-state index contributed by atoms with van der Waals surface area (Å²) in [5.74, 6) is 1.76. The molecule has 0 saturated heterocycles. The van der Waals surface area contributed by atoms with Gasteiger partial charge in [0.1, 0.15) is 0 Å². The number of ether oxygens (including phenoxy) is 1. The maximum Gasteiger partial charge on any atom is 0.0897 e. The average Bonchev–Trinajstić information content (AvgIpc) is 3.16. The monoisotopic (exact) mass is 255 g/mol. The molecule has 0 bridgehead atoms. The van der Waals surface area contributed by atoms with E-state index in [9.17, 15) is 5.11 Å². The molecule has 2 aliphatic carbocycles. The van der Waals surface area contributed by atoms with Crippen LogP contribution in [0.5, 0.6) is 0 Å². The summed E-state index contributed by atoms with van der Waals surface area (Å²) < 4.78 is 5.82. The second-order valence-corrected chi connectivity index (χ2v) is 6.32. The Labute approximate surface area is 111 Å². The largest absolute Gasteiger partial charge is 0.389 e. The van der Waals surface area contributed by atoms with Crippen LogP contribution in [0.2, 0.25) is 0 Å². The SMILES string of the molecule is CC1CCCC(OCC(O)CNCCC2CC2)C1. The molecule has 0 aromatic rings. The van der Waals surface area contributed by atoms with Crippen LogP contribution in [-0.4, -0.2) is 37.0 Å². The summed E-state index contributed by atoms with van der Waals surface area (Å²) in [5.41, 5.74) is 0. The number of nitrogens with one attached hydrogen (secondary N) is 1. The van der Waals surface area contributed by atoms with Crippen LogP contribution in [0, 0.1) is 11.8 Å². The Bertz CT molecular complexity index is 231. The highest BCUT2D eigenvalue weighted by Gasteiger charge is 2.21. The molecule has 3 heteroatoms. The zero-order valence-corrected chi connectivity index (χ0v) is 11.7. The van der Waals surface area contributed by atoms with Gasteiger partial charge < -0.3 is 15.2 Å². The van der Waals surface area contributed by atoms with E-state index >= 15 is 0 Å². The van der Waals surface area contributed by atoms with Crippen LogP contribution in [0.1, 0.15) is 51.9 Å². The standard InChI is InChI=1S/C15H29NO2/c1-12-3-2-4-15(9-12)18-11-14(17)10-16-8-7-13-5-6-13/h12-17H,2-11H2,1H3. The summed E-state index contributed by atoms with van der Waals surface area (Å²) in [4.78, 5) is 0. The smallest absolute Gasteiger partial charge is 0.0897 e. The van der Waals surface area contributed by atoms with Gasteiger partial charge in [0.15, 0.2) is 0 Å². The van der Waals surface area contributed by atoms with E-state index in [-0.39, 0.29) is 6.10 Å². The van der Waals surface area contributed by atoms with E-state index in [2.05, 4.69) is 12.2 Å². The van der Waals surface area contributed by atoms with E-state index in [0.717, 1.165) is 18.4 Å². The van der Waals surface area contributed by atoms with E-state index in [1.807, 2.05) is 0 Å². The Kier molecular flexibility index (Phi) is 5.93. The van der Waals surface area contributed by atoms with Gasteiger partial charge in [0, 0.05) is 6.54 Å². The van der Waals surface area contributed by atoms with Gasteiger partial charge in [-0.25, -0.2) is 0 Å². The Balaban J connectivity index is 1.46. The van der Waals surface area contributed by atoms with Crippen molar-refractivity contribution in [3.8, 4) is 0 Å². The molecule has 2 saturated carbocycles. The summed E-state index contributed by atoms with van der Waals surface area (Å²) in [6, 6.07) is 0. The van der Waals surface area contributed by atoms with E-state index < -0.39 is 0 Å². The van der Waals surface area contributed by atoms with Crippen LogP contribution >= 0.6 is 0 Å². The maximum absolute atomic E-state index is 9.84. The van der Waals surface area contributed by atoms with Crippen molar-refractivity contribution in [1.82, 2.24) is 5.32 Å². The van der Waals surface area contributed by atoms with Crippen molar-refractivity contribution in [2.45, 2.75) is 64.1 Å². The minimum absolute atomic E-state index is 0.346. The van der Waals surface area contributed by atoms with Crippen molar-refractivity contribution >= 4 is 0 Å². The summed E-state index contributed by atoms with van der Waals surface area (Å²) in [6.07, 6.45) is 9.09. The van der Waals surface area contributed by atoms with Crippen molar-refractivity contribution in [2.75, 3.05) is 19.7 Å². The van der Waals surface area contributed by atoms with Crippen LogP contribution < -0.4 is 5.32 Å². The van der Waals surface area contributed by atoms with E-state index in [4.69, 9.17) is 4.74 Å². The van der Waals surface area contributed by atoms with Gasteiger partial charge in [-0.1, -0.05) is 32.6 Å². The van der Waals surface area contributed by atoms with Crippen molar-refractivity contribution < 1.29 is 9.84 Å². The van der Waals surface area contributed by atoms with Crippen molar-refractivity contribution in [2.24, 2.45) is 11.8 Å².